The van der Waals surface area contributed by atoms with Crippen molar-refractivity contribution in [2.75, 3.05) is 18.4 Å². The summed E-state index contributed by atoms with van der Waals surface area (Å²) in [6.45, 7) is 5.41. The van der Waals surface area contributed by atoms with Gasteiger partial charge in [0, 0.05) is 23.7 Å². The fourth-order valence-electron chi connectivity index (χ4n) is 1.74. The molecule has 7 nitrogen and oxygen atoms in total. The lowest BCUT2D eigenvalue weighted by Gasteiger charge is -2.12. The van der Waals surface area contributed by atoms with E-state index in [1.54, 1.807) is 0 Å². The molecular weight excluding hydrogens is 256 g/mol. The van der Waals surface area contributed by atoms with E-state index in [9.17, 15) is 4.79 Å². The lowest BCUT2D eigenvalue weighted by Crippen LogP contribution is -2.30. The van der Waals surface area contributed by atoms with Gasteiger partial charge in [-0.3, -0.25) is 4.79 Å². The van der Waals surface area contributed by atoms with Crippen molar-refractivity contribution in [1.29, 1.82) is 0 Å². The Morgan fingerprint density at radius 3 is 3.00 bits per heavy atom. The molecule has 0 aliphatic rings. The lowest BCUT2D eigenvalue weighted by atomic mass is 10.1. The summed E-state index contributed by atoms with van der Waals surface area (Å²) in [5.74, 6) is 0.391. The van der Waals surface area contributed by atoms with E-state index in [-0.39, 0.29) is 11.8 Å². The van der Waals surface area contributed by atoms with Gasteiger partial charge in [-0.15, -0.1) is 10.2 Å². The van der Waals surface area contributed by atoms with Crippen LogP contribution < -0.4 is 10.6 Å². The highest BCUT2D eigenvalue weighted by Gasteiger charge is 2.13. The second kappa shape index (κ2) is 6.76. The minimum atomic E-state index is -0.0937. The minimum Gasteiger partial charge on any atom is -0.326 e. The van der Waals surface area contributed by atoms with Crippen LogP contribution in [0.15, 0.2) is 24.3 Å². The summed E-state index contributed by atoms with van der Waals surface area (Å²) in [4.78, 5) is 12.0. The highest BCUT2D eigenvalue weighted by atomic mass is 16.1. The Morgan fingerprint density at radius 2 is 2.30 bits per heavy atom. The molecule has 106 valence electrons. The first-order valence-corrected chi connectivity index (χ1v) is 6.56. The zero-order valence-corrected chi connectivity index (χ0v) is 11.6. The summed E-state index contributed by atoms with van der Waals surface area (Å²) in [5.41, 5.74) is 1.52. The van der Waals surface area contributed by atoms with Gasteiger partial charge in [0.05, 0.1) is 0 Å². The summed E-state index contributed by atoms with van der Waals surface area (Å²) in [7, 11) is 0. The van der Waals surface area contributed by atoms with Gasteiger partial charge in [-0.05, 0) is 23.9 Å². The minimum absolute atomic E-state index is 0.0174. The number of carbonyl (C=O) groups excluding carboxylic acids is 1. The van der Waals surface area contributed by atoms with E-state index in [0.717, 1.165) is 17.8 Å². The number of nitrogens with zero attached hydrogens (tertiary/aromatic N) is 3. The Labute approximate surface area is 117 Å². The molecule has 0 saturated heterocycles. The van der Waals surface area contributed by atoms with Crippen molar-refractivity contribution < 1.29 is 4.79 Å². The van der Waals surface area contributed by atoms with Gasteiger partial charge in [0.15, 0.2) is 0 Å². The molecule has 1 unspecified atom stereocenters. The number of H-pyrrole nitrogens is 1. The van der Waals surface area contributed by atoms with Crippen LogP contribution in [0.4, 0.5) is 5.69 Å². The van der Waals surface area contributed by atoms with Crippen molar-refractivity contribution in [3.05, 3.63) is 24.3 Å². The Balaban J connectivity index is 2.03. The Kier molecular flexibility index (Phi) is 4.78. The number of carbonyl (C=O) groups is 1. The van der Waals surface area contributed by atoms with E-state index in [1.807, 2.05) is 38.1 Å². The van der Waals surface area contributed by atoms with E-state index in [0.29, 0.717) is 12.4 Å². The van der Waals surface area contributed by atoms with Crippen molar-refractivity contribution >= 4 is 11.6 Å². The molecule has 0 fully saturated rings. The molecule has 1 aromatic carbocycles. The molecule has 0 bridgehead atoms. The van der Waals surface area contributed by atoms with Gasteiger partial charge >= 0.3 is 0 Å². The second-order valence-corrected chi connectivity index (χ2v) is 4.51. The molecule has 1 aromatic heterocycles. The van der Waals surface area contributed by atoms with Gasteiger partial charge in [0.25, 0.3) is 0 Å². The zero-order valence-electron chi connectivity index (χ0n) is 11.6. The number of tetrazole rings is 1. The van der Waals surface area contributed by atoms with Crippen LogP contribution in [0.5, 0.6) is 0 Å². The van der Waals surface area contributed by atoms with Crippen LogP contribution in [-0.2, 0) is 4.79 Å². The topological polar surface area (TPSA) is 95.6 Å². The third-order valence-corrected chi connectivity index (χ3v) is 2.88. The van der Waals surface area contributed by atoms with Crippen molar-refractivity contribution in [3.8, 4) is 11.4 Å². The monoisotopic (exact) mass is 274 g/mol. The summed E-state index contributed by atoms with van der Waals surface area (Å²) in [6, 6.07) is 7.36. The largest absolute Gasteiger partial charge is 0.326 e. The smallest absolute Gasteiger partial charge is 0.228 e. The van der Waals surface area contributed by atoms with Crippen molar-refractivity contribution in [2.45, 2.75) is 13.8 Å². The predicted molar refractivity (Wildman–Crippen MR) is 76.0 cm³/mol. The van der Waals surface area contributed by atoms with Crippen LogP contribution in [-0.4, -0.2) is 39.6 Å². The standard InChI is InChI=1S/C13H18N6O/c1-3-14-8-9(2)13(20)15-11-6-4-5-10(7-11)12-16-18-19-17-12/h4-7,9,14H,3,8H2,1-2H3,(H,15,20)(H,16,17,18,19). The Morgan fingerprint density at radius 1 is 1.45 bits per heavy atom. The molecule has 1 amide bonds. The number of hydrogen-bond acceptors (Lipinski definition) is 5. The molecule has 3 N–H and O–H groups in total. The second-order valence-electron chi connectivity index (χ2n) is 4.51. The molecule has 0 spiro atoms. The number of nitrogens with one attached hydrogen (secondary N) is 3. The average molecular weight is 274 g/mol. The van der Waals surface area contributed by atoms with Crippen LogP contribution in [0.1, 0.15) is 13.8 Å². The molecule has 7 heteroatoms. The SMILES string of the molecule is CCNCC(C)C(=O)Nc1cccc(-c2nn[nH]n2)c1. The number of aromatic nitrogens is 4. The maximum absolute atomic E-state index is 12.0. The summed E-state index contributed by atoms with van der Waals surface area (Å²) in [5, 5.41) is 19.8. The normalized spacial score (nSPS) is 12.1. The fourth-order valence-corrected chi connectivity index (χ4v) is 1.74. The molecule has 0 aliphatic heterocycles. The Bertz CT molecular complexity index is 554. The fraction of sp³-hybridized carbons (Fsp3) is 0.385. The third-order valence-electron chi connectivity index (χ3n) is 2.88. The van der Waals surface area contributed by atoms with Crippen molar-refractivity contribution in [1.82, 2.24) is 25.9 Å². The summed E-state index contributed by atoms with van der Waals surface area (Å²) < 4.78 is 0. The van der Waals surface area contributed by atoms with Gasteiger partial charge < -0.3 is 10.6 Å². The summed E-state index contributed by atoms with van der Waals surface area (Å²) in [6.07, 6.45) is 0. The van der Waals surface area contributed by atoms with E-state index in [2.05, 4.69) is 31.3 Å². The average Bonchev–Trinajstić information content (AvgIpc) is 2.99. The highest BCUT2D eigenvalue weighted by Crippen LogP contribution is 2.18. The van der Waals surface area contributed by atoms with Gasteiger partial charge in [0.1, 0.15) is 0 Å². The predicted octanol–water partition coefficient (Wildman–Crippen LogP) is 1.05. The van der Waals surface area contributed by atoms with E-state index < -0.39 is 0 Å². The number of hydrogen-bond donors (Lipinski definition) is 3. The molecule has 1 atom stereocenters. The lowest BCUT2D eigenvalue weighted by molar-refractivity contribution is -0.119. The molecule has 0 saturated carbocycles. The zero-order chi connectivity index (χ0) is 14.4. The number of aromatic amines is 1. The molecule has 0 aliphatic carbocycles. The van der Waals surface area contributed by atoms with Crippen LogP contribution in [0.2, 0.25) is 0 Å². The molecule has 2 rings (SSSR count). The molecule has 1 heterocycles. The molecule has 2 aromatic rings. The maximum Gasteiger partial charge on any atom is 0.228 e. The van der Waals surface area contributed by atoms with E-state index in [4.69, 9.17) is 0 Å². The van der Waals surface area contributed by atoms with Crippen molar-refractivity contribution in [3.63, 3.8) is 0 Å². The first kappa shape index (κ1) is 14.1. The molecule has 0 radical (unpaired) electrons. The highest BCUT2D eigenvalue weighted by molar-refractivity contribution is 5.93. The number of benzene rings is 1. The van der Waals surface area contributed by atoms with Gasteiger partial charge in [-0.25, -0.2) is 0 Å². The van der Waals surface area contributed by atoms with Gasteiger partial charge in [-0.1, -0.05) is 26.0 Å². The third kappa shape index (κ3) is 3.61. The van der Waals surface area contributed by atoms with E-state index >= 15 is 0 Å². The van der Waals surface area contributed by atoms with Crippen LogP contribution >= 0.6 is 0 Å². The number of rotatable bonds is 6. The number of anilines is 1. The van der Waals surface area contributed by atoms with E-state index in [1.165, 1.54) is 0 Å². The van der Waals surface area contributed by atoms with Crippen LogP contribution in [0, 0.1) is 5.92 Å². The maximum atomic E-state index is 12.0. The quantitative estimate of drug-likeness (QED) is 0.731. The number of amides is 1. The first-order valence-electron chi connectivity index (χ1n) is 6.56. The van der Waals surface area contributed by atoms with Crippen molar-refractivity contribution in [2.24, 2.45) is 5.92 Å². The molecule has 20 heavy (non-hydrogen) atoms. The summed E-state index contributed by atoms with van der Waals surface area (Å²) >= 11 is 0. The Hall–Kier alpha value is -2.28. The first-order chi connectivity index (χ1) is 9.70. The van der Waals surface area contributed by atoms with Crippen LogP contribution in [0.3, 0.4) is 0 Å². The van der Waals surface area contributed by atoms with Crippen LogP contribution in [0.25, 0.3) is 11.4 Å². The van der Waals surface area contributed by atoms with Gasteiger partial charge in [0.2, 0.25) is 11.7 Å². The molecular formula is C13H18N6O. The van der Waals surface area contributed by atoms with Gasteiger partial charge in [-0.2, -0.15) is 5.21 Å².